The lowest BCUT2D eigenvalue weighted by Gasteiger charge is -2.06. The average molecular weight is 440 g/mol. The van der Waals surface area contributed by atoms with E-state index in [1.54, 1.807) is 18.5 Å². The molecule has 158 valence electrons. The second-order valence-corrected chi connectivity index (χ2v) is 7.07. The molecule has 0 saturated carbocycles. The number of hydrogen-bond donors (Lipinski definition) is 4. The van der Waals surface area contributed by atoms with Gasteiger partial charge in [-0.25, -0.2) is 19.4 Å². The first-order chi connectivity index (χ1) is 15.1. The van der Waals surface area contributed by atoms with Crippen LogP contribution in [0, 0.1) is 5.82 Å². The predicted molar refractivity (Wildman–Crippen MR) is 116 cm³/mol. The van der Waals surface area contributed by atoms with Crippen molar-refractivity contribution in [1.82, 2.24) is 30.7 Å². The van der Waals surface area contributed by atoms with Crippen LogP contribution in [0.2, 0.25) is 5.02 Å². The van der Waals surface area contributed by atoms with E-state index in [0.29, 0.717) is 34.8 Å². The molecule has 0 amide bonds. The summed E-state index contributed by atoms with van der Waals surface area (Å²) in [5.74, 6) is 0.297. The Kier molecular flexibility index (Phi) is 6.46. The number of rotatable bonds is 7. The zero-order valence-corrected chi connectivity index (χ0v) is 17.1. The first kappa shape index (κ1) is 20.9. The fourth-order valence-electron chi connectivity index (χ4n) is 3.04. The number of benzene rings is 1. The topological polar surface area (TPSA) is 111 Å². The number of nitrogens with zero attached hydrogens (tertiary/aromatic N) is 4. The standard InChI is InChI=1S/C21H19ClFN7O/c22-16-11-14(4-5-17(16)23)27-20(30-31)15-7-10-26-21-19(15)28-18(29-21)12-24-9-6-13-3-1-2-8-25-13/h1-5,7-8,10-11,24,31H,6,9,12H2,(H,27,30)(H,26,28,29). The molecule has 0 fully saturated rings. The maximum atomic E-state index is 13.4. The molecule has 0 aliphatic carbocycles. The van der Waals surface area contributed by atoms with Crippen molar-refractivity contribution < 1.29 is 9.60 Å². The minimum Gasteiger partial charge on any atom is -0.339 e. The monoisotopic (exact) mass is 439 g/mol. The number of H-pyrrole nitrogens is 1. The van der Waals surface area contributed by atoms with Crippen LogP contribution in [0.4, 0.5) is 10.1 Å². The number of imidazole rings is 1. The van der Waals surface area contributed by atoms with E-state index in [0.717, 1.165) is 18.7 Å². The molecule has 1 aromatic carbocycles. The number of hydrogen-bond acceptors (Lipinski definition) is 6. The van der Waals surface area contributed by atoms with Gasteiger partial charge < -0.3 is 10.3 Å². The van der Waals surface area contributed by atoms with Crippen LogP contribution in [-0.4, -0.2) is 37.5 Å². The number of fused-ring (bicyclic) bond motifs is 1. The van der Waals surface area contributed by atoms with E-state index in [1.165, 1.54) is 18.2 Å². The average Bonchev–Trinajstić information content (AvgIpc) is 3.21. The summed E-state index contributed by atoms with van der Waals surface area (Å²) in [6.45, 7) is 1.25. The second-order valence-electron chi connectivity index (χ2n) is 6.66. The molecular weight excluding hydrogens is 421 g/mol. The van der Waals surface area contributed by atoms with Crippen LogP contribution in [0.15, 0.2) is 59.9 Å². The molecule has 0 radical (unpaired) electrons. The number of amidine groups is 1. The number of pyridine rings is 2. The summed E-state index contributed by atoms with van der Waals surface area (Å²) in [6.07, 6.45) is 4.15. The quantitative estimate of drug-likeness (QED) is 0.152. The molecule has 0 unspecified atom stereocenters. The van der Waals surface area contributed by atoms with Crippen LogP contribution in [-0.2, 0) is 13.0 Å². The van der Waals surface area contributed by atoms with Gasteiger partial charge in [0, 0.05) is 36.6 Å². The Morgan fingerprint density at radius 1 is 1.16 bits per heavy atom. The lowest BCUT2D eigenvalue weighted by atomic mass is 10.2. The molecular formula is C21H19ClFN7O. The van der Waals surface area contributed by atoms with E-state index < -0.39 is 5.82 Å². The highest BCUT2D eigenvalue weighted by molar-refractivity contribution is 6.31. The van der Waals surface area contributed by atoms with Crippen LogP contribution in [0.1, 0.15) is 17.1 Å². The van der Waals surface area contributed by atoms with Crippen LogP contribution >= 0.6 is 11.6 Å². The van der Waals surface area contributed by atoms with Gasteiger partial charge in [-0.2, -0.15) is 0 Å². The van der Waals surface area contributed by atoms with Gasteiger partial charge >= 0.3 is 0 Å². The molecule has 0 spiro atoms. The van der Waals surface area contributed by atoms with Crippen LogP contribution in [0.3, 0.4) is 0 Å². The van der Waals surface area contributed by atoms with E-state index in [9.17, 15) is 9.60 Å². The first-order valence-electron chi connectivity index (χ1n) is 9.52. The Morgan fingerprint density at radius 2 is 2.06 bits per heavy atom. The summed E-state index contributed by atoms with van der Waals surface area (Å²) in [4.78, 5) is 20.6. The molecule has 0 aliphatic rings. The largest absolute Gasteiger partial charge is 0.339 e. The van der Waals surface area contributed by atoms with Gasteiger partial charge in [0.25, 0.3) is 0 Å². The van der Waals surface area contributed by atoms with E-state index in [-0.39, 0.29) is 10.9 Å². The Morgan fingerprint density at radius 3 is 2.84 bits per heavy atom. The summed E-state index contributed by atoms with van der Waals surface area (Å²) in [5.41, 5.74) is 5.13. The van der Waals surface area contributed by atoms with Crippen molar-refractivity contribution in [3.8, 4) is 0 Å². The zero-order chi connectivity index (χ0) is 21.6. The highest BCUT2D eigenvalue weighted by atomic mass is 35.5. The molecule has 0 saturated heterocycles. The number of aliphatic imine (C=N–C) groups is 1. The summed E-state index contributed by atoms with van der Waals surface area (Å²) in [5, 5.41) is 12.9. The van der Waals surface area contributed by atoms with Gasteiger partial charge in [0.2, 0.25) is 0 Å². The zero-order valence-electron chi connectivity index (χ0n) is 16.3. The number of aromatic amines is 1. The van der Waals surface area contributed by atoms with E-state index in [4.69, 9.17) is 11.6 Å². The van der Waals surface area contributed by atoms with Crippen molar-refractivity contribution >= 4 is 34.3 Å². The van der Waals surface area contributed by atoms with E-state index in [1.807, 2.05) is 18.2 Å². The van der Waals surface area contributed by atoms with Gasteiger partial charge in [0.15, 0.2) is 11.5 Å². The number of nitrogens with one attached hydrogen (secondary N) is 3. The molecule has 3 aromatic heterocycles. The minimum atomic E-state index is -0.542. The Bertz CT molecular complexity index is 1210. The Labute approximate surface area is 182 Å². The van der Waals surface area contributed by atoms with E-state index in [2.05, 4.69) is 35.7 Å². The van der Waals surface area contributed by atoms with Crippen molar-refractivity contribution in [3.05, 3.63) is 82.8 Å². The molecule has 4 rings (SSSR count). The molecule has 0 atom stereocenters. The van der Waals surface area contributed by atoms with Gasteiger partial charge in [-0.15, -0.1) is 0 Å². The number of hydroxylamine groups is 1. The lowest BCUT2D eigenvalue weighted by Crippen LogP contribution is -2.20. The summed E-state index contributed by atoms with van der Waals surface area (Å²) in [6, 6.07) is 11.6. The van der Waals surface area contributed by atoms with Gasteiger partial charge in [0.1, 0.15) is 11.6 Å². The van der Waals surface area contributed by atoms with Gasteiger partial charge in [-0.05, 0) is 36.4 Å². The van der Waals surface area contributed by atoms with Gasteiger partial charge in [0.05, 0.1) is 22.8 Å². The normalized spacial score (nSPS) is 11.8. The third-order valence-corrected chi connectivity index (χ3v) is 4.81. The van der Waals surface area contributed by atoms with Crippen LogP contribution in [0.5, 0.6) is 0 Å². The van der Waals surface area contributed by atoms with Gasteiger partial charge in [-0.3, -0.25) is 15.7 Å². The highest BCUT2D eigenvalue weighted by Crippen LogP contribution is 2.23. The van der Waals surface area contributed by atoms with Crippen molar-refractivity contribution in [2.45, 2.75) is 13.0 Å². The Balaban J connectivity index is 1.52. The fraction of sp³-hybridized carbons (Fsp3) is 0.143. The van der Waals surface area contributed by atoms with E-state index >= 15 is 0 Å². The summed E-state index contributed by atoms with van der Waals surface area (Å²) < 4.78 is 13.4. The molecule has 0 bridgehead atoms. The SMILES string of the molecule is ONC(=Nc1ccc(F)c(Cl)c1)c1ccnc2nc(CNCCc3ccccn3)[nH]c12. The fourth-order valence-corrected chi connectivity index (χ4v) is 3.21. The molecule has 8 nitrogen and oxygen atoms in total. The predicted octanol–water partition coefficient (Wildman–Crippen LogP) is 3.53. The summed E-state index contributed by atoms with van der Waals surface area (Å²) >= 11 is 5.82. The molecule has 0 aliphatic heterocycles. The van der Waals surface area contributed by atoms with Crippen molar-refractivity contribution in [2.24, 2.45) is 4.99 Å². The third-order valence-electron chi connectivity index (χ3n) is 4.52. The minimum absolute atomic E-state index is 0.0565. The molecule has 4 aromatic rings. The molecule has 10 heteroatoms. The maximum absolute atomic E-state index is 13.4. The maximum Gasteiger partial charge on any atom is 0.178 e. The van der Waals surface area contributed by atoms with Crippen molar-refractivity contribution in [1.29, 1.82) is 0 Å². The second kappa shape index (κ2) is 9.61. The van der Waals surface area contributed by atoms with Crippen molar-refractivity contribution in [3.63, 3.8) is 0 Å². The number of aromatic nitrogens is 4. The summed E-state index contributed by atoms with van der Waals surface area (Å²) in [7, 11) is 0. The first-order valence-corrected chi connectivity index (χ1v) is 9.90. The third kappa shape index (κ3) is 5.02. The smallest absolute Gasteiger partial charge is 0.178 e. The lowest BCUT2D eigenvalue weighted by molar-refractivity contribution is 0.235. The molecule has 31 heavy (non-hydrogen) atoms. The molecule has 3 heterocycles. The van der Waals surface area contributed by atoms with Crippen LogP contribution in [0.25, 0.3) is 11.2 Å². The van der Waals surface area contributed by atoms with Crippen LogP contribution < -0.4 is 10.8 Å². The molecule has 4 N–H and O–H groups in total. The highest BCUT2D eigenvalue weighted by Gasteiger charge is 2.13. The number of halogens is 2. The Hall–Kier alpha value is -3.40. The van der Waals surface area contributed by atoms with Gasteiger partial charge in [-0.1, -0.05) is 17.7 Å². The van der Waals surface area contributed by atoms with Crippen molar-refractivity contribution in [2.75, 3.05) is 6.54 Å².